The highest BCUT2D eigenvalue weighted by atomic mass is 19.1. The van der Waals surface area contributed by atoms with Crippen molar-refractivity contribution in [2.24, 2.45) is 0 Å². The molecule has 1 saturated carbocycles. The van der Waals surface area contributed by atoms with Crippen molar-refractivity contribution < 1.29 is 13.9 Å². The molecule has 0 saturated heterocycles. The summed E-state index contributed by atoms with van der Waals surface area (Å²) in [5, 5.41) is 0. The van der Waals surface area contributed by atoms with Crippen molar-refractivity contribution in [2.75, 3.05) is 26.5 Å². The van der Waals surface area contributed by atoms with Crippen LogP contribution in [-0.2, 0) is 9.47 Å². The van der Waals surface area contributed by atoms with E-state index in [0.29, 0.717) is 19.3 Å². The molecule has 13 heavy (non-hydrogen) atoms. The Morgan fingerprint density at radius 3 is 2.46 bits per heavy atom. The van der Waals surface area contributed by atoms with Crippen LogP contribution in [0.5, 0.6) is 0 Å². The summed E-state index contributed by atoms with van der Waals surface area (Å²) in [6, 6.07) is 0. The summed E-state index contributed by atoms with van der Waals surface area (Å²) in [4.78, 5) is 0. The summed E-state index contributed by atoms with van der Waals surface area (Å²) in [5.41, 5.74) is 0. The van der Waals surface area contributed by atoms with E-state index in [1.165, 1.54) is 32.1 Å². The van der Waals surface area contributed by atoms with Crippen molar-refractivity contribution in [2.45, 2.75) is 38.2 Å². The van der Waals surface area contributed by atoms with Crippen molar-refractivity contribution in [1.82, 2.24) is 0 Å². The van der Waals surface area contributed by atoms with Crippen LogP contribution in [0, 0.1) is 0 Å². The van der Waals surface area contributed by atoms with E-state index in [0.717, 1.165) is 0 Å². The van der Waals surface area contributed by atoms with Gasteiger partial charge in [-0.25, -0.2) is 4.39 Å². The normalized spacial score (nSPS) is 19.2. The third-order valence-electron chi connectivity index (χ3n) is 2.35. The van der Waals surface area contributed by atoms with Crippen LogP contribution in [0.2, 0.25) is 0 Å². The van der Waals surface area contributed by atoms with Gasteiger partial charge in [-0.15, -0.1) is 0 Å². The topological polar surface area (TPSA) is 18.5 Å². The van der Waals surface area contributed by atoms with Crippen molar-refractivity contribution in [1.29, 1.82) is 0 Å². The first-order chi connectivity index (χ1) is 6.43. The molecule has 1 fully saturated rings. The smallest absolute Gasteiger partial charge is 0.113 e. The summed E-state index contributed by atoms with van der Waals surface area (Å²) in [6.45, 7) is 0.947. The standard InChI is InChI=1S/C10H19FO2/c11-6-7-12-8-9-13-10-4-2-1-3-5-10/h10H,1-9H2. The zero-order valence-electron chi connectivity index (χ0n) is 8.14. The van der Waals surface area contributed by atoms with Gasteiger partial charge in [-0.1, -0.05) is 19.3 Å². The van der Waals surface area contributed by atoms with E-state index in [1.54, 1.807) is 0 Å². The third kappa shape index (κ3) is 5.21. The Morgan fingerprint density at radius 1 is 1.00 bits per heavy atom. The van der Waals surface area contributed by atoms with Crippen molar-refractivity contribution in [3.05, 3.63) is 0 Å². The summed E-state index contributed by atoms with van der Waals surface area (Å²) < 4.78 is 22.2. The maximum absolute atomic E-state index is 11.6. The van der Waals surface area contributed by atoms with Gasteiger partial charge in [0.05, 0.1) is 25.9 Å². The lowest BCUT2D eigenvalue weighted by Gasteiger charge is -2.21. The van der Waals surface area contributed by atoms with E-state index in [4.69, 9.17) is 9.47 Å². The number of alkyl halides is 1. The molecule has 0 aromatic heterocycles. The molecule has 0 bridgehead atoms. The highest BCUT2D eigenvalue weighted by Gasteiger charge is 2.12. The minimum absolute atomic E-state index is 0.202. The van der Waals surface area contributed by atoms with Crippen LogP contribution in [0.4, 0.5) is 4.39 Å². The number of rotatable bonds is 6. The van der Waals surface area contributed by atoms with E-state index < -0.39 is 6.67 Å². The van der Waals surface area contributed by atoms with Crippen LogP contribution in [0.15, 0.2) is 0 Å². The van der Waals surface area contributed by atoms with Gasteiger partial charge in [-0.2, -0.15) is 0 Å². The van der Waals surface area contributed by atoms with Crippen LogP contribution in [0.3, 0.4) is 0 Å². The zero-order valence-corrected chi connectivity index (χ0v) is 8.14. The van der Waals surface area contributed by atoms with Gasteiger partial charge in [-0.3, -0.25) is 0 Å². The van der Waals surface area contributed by atoms with E-state index in [1.807, 2.05) is 0 Å². The number of halogens is 1. The Hall–Kier alpha value is -0.150. The van der Waals surface area contributed by atoms with Crippen LogP contribution in [-0.4, -0.2) is 32.6 Å². The first-order valence-corrected chi connectivity index (χ1v) is 5.19. The molecule has 0 unspecified atom stereocenters. The predicted molar refractivity (Wildman–Crippen MR) is 49.6 cm³/mol. The third-order valence-corrected chi connectivity index (χ3v) is 2.35. The average Bonchev–Trinajstić information content (AvgIpc) is 2.19. The molecule has 1 rings (SSSR count). The van der Waals surface area contributed by atoms with E-state index in [2.05, 4.69) is 0 Å². The van der Waals surface area contributed by atoms with Crippen molar-refractivity contribution >= 4 is 0 Å². The van der Waals surface area contributed by atoms with Gasteiger partial charge in [0.2, 0.25) is 0 Å². The average molecular weight is 190 g/mol. The molecule has 0 spiro atoms. The summed E-state index contributed by atoms with van der Waals surface area (Å²) >= 11 is 0. The first-order valence-electron chi connectivity index (χ1n) is 5.19. The minimum Gasteiger partial charge on any atom is -0.376 e. The molecular weight excluding hydrogens is 171 g/mol. The lowest BCUT2D eigenvalue weighted by Crippen LogP contribution is -2.19. The monoisotopic (exact) mass is 190 g/mol. The zero-order chi connectivity index (χ0) is 9.36. The molecule has 2 nitrogen and oxygen atoms in total. The molecule has 1 aliphatic rings. The fourth-order valence-electron chi connectivity index (χ4n) is 1.66. The highest BCUT2D eigenvalue weighted by molar-refractivity contribution is 4.64. The molecule has 78 valence electrons. The van der Waals surface area contributed by atoms with Crippen LogP contribution in [0.25, 0.3) is 0 Å². The fourth-order valence-corrected chi connectivity index (χ4v) is 1.66. The molecule has 0 radical (unpaired) electrons. The SMILES string of the molecule is FCCOCCOC1CCCCC1. The molecule has 0 N–H and O–H groups in total. The summed E-state index contributed by atoms with van der Waals surface area (Å²) in [6.07, 6.45) is 6.72. The van der Waals surface area contributed by atoms with Crippen LogP contribution in [0.1, 0.15) is 32.1 Å². The van der Waals surface area contributed by atoms with Gasteiger partial charge in [0, 0.05) is 0 Å². The fraction of sp³-hybridized carbons (Fsp3) is 1.00. The Labute approximate surface area is 79.4 Å². The second-order valence-electron chi connectivity index (χ2n) is 3.43. The van der Waals surface area contributed by atoms with Crippen molar-refractivity contribution in [3.8, 4) is 0 Å². The molecule has 0 aromatic carbocycles. The minimum atomic E-state index is -0.399. The second kappa shape index (κ2) is 7.27. The molecule has 1 aliphatic carbocycles. The van der Waals surface area contributed by atoms with Gasteiger partial charge in [0.25, 0.3) is 0 Å². The number of ether oxygens (including phenoxy) is 2. The van der Waals surface area contributed by atoms with Gasteiger partial charge in [-0.05, 0) is 12.8 Å². The van der Waals surface area contributed by atoms with Gasteiger partial charge >= 0.3 is 0 Å². The molecular formula is C10H19FO2. The van der Waals surface area contributed by atoms with Crippen molar-refractivity contribution in [3.63, 3.8) is 0 Å². The maximum Gasteiger partial charge on any atom is 0.113 e. The Kier molecular flexibility index (Phi) is 6.11. The predicted octanol–water partition coefficient (Wildman–Crippen LogP) is 2.32. The van der Waals surface area contributed by atoms with E-state index in [-0.39, 0.29) is 6.61 Å². The van der Waals surface area contributed by atoms with E-state index in [9.17, 15) is 4.39 Å². The van der Waals surface area contributed by atoms with Gasteiger partial charge < -0.3 is 9.47 Å². The summed E-state index contributed by atoms with van der Waals surface area (Å²) in [7, 11) is 0. The maximum atomic E-state index is 11.6. The molecule has 0 amide bonds. The lowest BCUT2D eigenvalue weighted by atomic mass is 9.98. The quantitative estimate of drug-likeness (QED) is 0.598. The lowest BCUT2D eigenvalue weighted by molar-refractivity contribution is -0.0118. The van der Waals surface area contributed by atoms with Gasteiger partial charge in [0.15, 0.2) is 0 Å². The van der Waals surface area contributed by atoms with E-state index >= 15 is 0 Å². The van der Waals surface area contributed by atoms with Gasteiger partial charge in [0.1, 0.15) is 6.67 Å². The largest absolute Gasteiger partial charge is 0.376 e. The molecule has 0 aliphatic heterocycles. The Balaban J connectivity index is 1.86. The first kappa shape index (κ1) is 10.9. The number of hydrogen-bond acceptors (Lipinski definition) is 2. The Bertz CT molecular complexity index is 113. The molecule has 3 heteroatoms. The summed E-state index contributed by atoms with van der Waals surface area (Å²) in [5.74, 6) is 0. The van der Waals surface area contributed by atoms with Crippen LogP contribution < -0.4 is 0 Å². The highest BCUT2D eigenvalue weighted by Crippen LogP contribution is 2.19. The molecule has 0 aromatic rings. The number of hydrogen-bond donors (Lipinski definition) is 0. The molecule has 0 heterocycles. The second-order valence-corrected chi connectivity index (χ2v) is 3.43. The Morgan fingerprint density at radius 2 is 1.77 bits per heavy atom. The molecule has 0 atom stereocenters. The van der Waals surface area contributed by atoms with Crippen LogP contribution >= 0.6 is 0 Å².